The molecule has 1 fully saturated rings. The molecule has 1 heterocycles. The molecular weight excluding hydrogens is 272 g/mol. The molecular formula is C12H11ClF4O. The number of halogens is 5. The minimum atomic E-state index is -4.60. The Labute approximate surface area is 107 Å². The quantitative estimate of drug-likeness (QED) is 0.551. The van der Waals surface area contributed by atoms with Crippen LogP contribution in [0.2, 0.25) is 0 Å². The molecule has 1 aromatic rings. The van der Waals surface area contributed by atoms with Gasteiger partial charge in [0.1, 0.15) is 5.82 Å². The van der Waals surface area contributed by atoms with Crippen LogP contribution in [-0.2, 0) is 10.9 Å². The fourth-order valence-corrected chi connectivity index (χ4v) is 2.28. The summed E-state index contributed by atoms with van der Waals surface area (Å²) in [6.07, 6.45) is -4.41. The number of ether oxygens (including phenoxy) is 1. The fraction of sp³-hybridized carbons (Fsp3) is 0.500. The first-order chi connectivity index (χ1) is 8.38. The average Bonchev–Trinajstić information content (AvgIpc) is 2.27. The number of benzene rings is 1. The van der Waals surface area contributed by atoms with Gasteiger partial charge >= 0.3 is 6.18 Å². The molecule has 0 radical (unpaired) electrons. The molecule has 1 nitrogen and oxygen atoms in total. The topological polar surface area (TPSA) is 9.23 Å². The van der Waals surface area contributed by atoms with Gasteiger partial charge in [-0.15, -0.1) is 11.6 Å². The van der Waals surface area contributed by atoms with E-state index < -0.39 is 23.7 Å². The number of alkyl halides is 4. The number of hydrogen-bond donors (Lipinski definition) is 0. The van der Waals surface area contributed by atoms with Crippen molar-refractivity contribution < 1.29 is 22.3 Å². The second kappa shape index (κ2) is 5.05. The van der Waals surface area contributed by atoms with Crippen LogP contribution in [0, 0.1) is 5.82 Å². The van der Waals surface area contributed by atoms with Gasteiger partial charge in [0, 0.05) is 12.0 Å². The van der Waals surface area contributed by atoms with Crippen molar-refractivity contribution in [3.63, 3.8) is 0 Å². The molecule has 0 aliphatic carbocycles. The molecule has 2 unspecified atom stereocenters. The van der Waals surface area contributed by atoms with Gasteiger partial charge in [0.25, 0.3) is 0 Å². The summed E-state index contributed by atoms with van der Waals surface area (Å²) >= 11 is 5.92. The third-order valence-corrected chi connectivity index (χ3v) is 3.28. The Balaban J connectivity index is 2.37. The van der Waals surface area contributed by atoms with Crippen LogP contribution in [0.5, 0.6) is 0 Å². The van der Waals surface area contributed by atoms with Crippen LogP contribution in [0.25, 0.3) is 0 Å². The van der Waals surface area contributed by atoms with E-state index in [1.807, 2.05) is 0 Å². The maximum Gasteiger partial charge on any atom is 0.416 e. The maximum absolute atomic E-state index is 13.0. The first-order valence-corrected chi connectivity index (χ1v) is 5.94. The minimum absolute atomic E-state index is 0.0470. The molecule has 0 amide bonds. The molecule has 0 spiro atoms. The Morgan fingerprint density at radius 2 is 2.00 bits per heavy atom. The van der Waals surface area contributed by atoms with Crippen LogP contribution in [0.4, 0.5) is 17.6 Å². The van der Waals surface area contributed by atoms with Crippen molar-refractivity contribution in [3.8, 4) is 0 Å². The lowest BCUT2D eigenvalue weighted by atomic mass is 9.96. The van der Waals surface area contributed by atoms with Crippen LogP contribution in [-0.4, -0.2) is 12.0 Å². The summed E-state index contributed by atoms with van der Waals surface area (Å²) in [5.74, 6) is -0.913. The predicted octanol–water partition coefficient (Wildman–Crippen LogP) is 4.30. The maximum atomic E-state index is 13.0. The van der Waals surface area contributed by atoms with E-state index in [4.69, 9.17) is 16.3 Å². The Bertz CT molecular complexity index is 433. The minimum Gasteiger partial charge on any atom is -0.373 e. The first-order valence-electron chi connectivity index (χ1n) is 5.50. The second-order valence-electron chi connectivity index (χ2n) is 4.21. The van der Waals surface area contributed by atoms with Gasteiger partial charge in [-0.2, -0.15) is 13.2 Å². The van der Waals surface area contributed by atoms with Crippen molar-refractivity contribution in [1.29, 1.82) is 0 Å². The molecule has 0 saturated carbocycles. The zero-order chi connectivity index (χ0) is 13.3. The van der Waals surface area contributed by atoms with Crippen LogP contribution in [0.1, 0.15) is 30.1 Å². The van der Waals surface area contributed by atoms with E-state index in [9.17, 15) is 17.6 Å². The van der Waals surface area contributed by atoms with Crippen molar-refractivity contribution in [2.75, 3.05) is 6.61 Å². The van der Waals surface area contributed by atoms with E-state index in [1.54, 1.807) is 0 Å². The van der Waals surface area contributed by atoms with Gasteiger partial charge in [-0.05, 0) is 30.5 Å². The van der Waals surface area contributed by atoms with Gasteiger partial charge in [-0.3, -0.25) is 0 Å². The summed E-state index contributed by atoms with van der Waals surface area (Å²) in [4.78, 5) is 0. The molecule has 1 saturated heterocycles. The van der Waals surface area contributed by atoms with Crippen molar-refractivity contribution in [3.05, 3.63) is 35.1 Å². The van der Waals surface area contributed by atoms with Crippen LogP contribution >= 0.6 is 11.6 Å². The Kier molecular flexibility index (Phi) is 3.82. The van der Waals surface area contributed by atoms with E-state index in [0.29, 0.717) is 25.5 Å². The van der Waals surface area contributed by atoms with Crippen molar-refractivity contribution in [2.45, 2.75) is 30.5 Å². The lowest BCUT2D eigenvalue weighted by Gasteiger charge is -2.28. The molecule has 2 atom stereocenters. The van der Waals surface area contributed by atoms with Gasteiger partial charge in [0.05, 0.1) is 11.7 Å². The van der Waals surface area contributed by atoms with Crippen molar-refractivity contribution in [1.82, 2.24) is 0 Å². The summed E-state index contributed by atoms with van der Waals surface area (Å²) in [5, 5.41) is -0.213. The van der Waals surface area contributed by atoms with Crippen LogP contribution in [0.3, 0.4) is 0 Å². The largest absolute Gasteiger partial charge is 0.416 e. The van der Waals surface area contributed by atoms with E-state index in [2.05, 4.69) is 0 Å². The van der Waals surface area contributed by atoms with E-state index >= 15 is 0 Å². The van der Waals surface area contributed by atoms with E-state index in [-0.39, 0.29) is 10.9 Å². The smallest absolute Gasteiger partial charge is 0.373 e. The summed E-state index contributed by atoms with van der Waals surface area (Å²) in [5.41, 5.74) is -1.03. The number of hydrogen-bond acceptors (Lipinski definition) is 1. The lowest BCUT2D eigenvalue weighted by Crippen LogP contribution is -2.22. The van der Waals surface area contributed by atoms with Gasteiger partial charge < -0.3 is 4.74 Å². The van der Waals surface area contributed by atoms with E-state index in [0.717, 1.165) is 12.1 Å². The normalized spacial score (nSPS) is 25.2. The van der Waals surface area contributed by atoms with E-state index in [1.165, 1.54) is 0 Å². The van der Waals surface area contributed by atoms with Crippen molar-refractivity contribution in [2.24, 2.45) is 0 Å². The molecule has 0 aromatic heterocycles. The highest BCUT2D eigenvalue weighted by Gasteiger charge is 2.37. The van der Waals surface area contributed by atoms with Crippen LogP contribution < -0.4 is 0 Å². The molecule has 2 rings (SSSR count). The summed E-state index contributed by atoms with van der Waals surface area (Å²) in [6.45, 7) is 0.313. The van der Waals surface area contributed by atoms with Gasteiger partial charge in [0.2, 0.25) is 0 Å². The molecule has 1 aliphatic rings. The Hall–Kier alpha value is -0.810. The van der Waals surface area contributed by atoms with Crippen LogP contribution in [0.15, 0.2) is 18.2 Å². The first kappa shape index (κ1) is 13.6. The molecule has 1 aliphatic heterocycles. The van der Waals surface area contributed by atoms with Gasteiger partial charge in [-0.25, -0.2) is 4.39 Å². The van der Waals surface area contributed by atoms with Gasteiger partial charge in [-0.1, -0.05) is 6.07 Å². The predicted molar refractivity (Wildman–Crippen MR) is 59.0 cm³/mol. The Morgan fingerprint density at radius 1 is 1.28 bits per heavy atom. The SMILES string of the molecule is Fc1ccc(C2CC(Cl)CCO2)c(C(F)(F)F)c1. The fourth-order valence-electron chi connectivity index (χ4n) is 2.03. The summed E-state index contributed by atoms with van der Waals surface area (Å²) in [6, 6.07) is 2.63. The highest BCUT2D eigenvalue weighted by atomic mass is 35.5. The molecule has 100 valence electrons. The zero-order valence-corrected chi connectivity index (χ0v) is 10.1. The molecule has 0 N–H and O–H groups in total. The standard InChI is InChI=1S/C12H11ClF4O/c13-7-3-4-18-11(5-7)9-2-1-8(14)6-10(9)12(15,16)17/h1-2,6-7,11H,3-5H2. The van der Waals surface area contributed by atoms with Gasteiger partial charge in [0.15, 0.2) is 0 Å². The number of rotatable bonds is 1. The highest BCUT2D eigenvalue weighted by molar-refractivity contribution is 6.20. The lowest BCUT2D eigenvalue weighted by molar-refractivity contribution is -0.140. The molecule has 18 heavy (non-hydrogen) atoms. The third kappa shape index (κ3) is 2.95. The summed E-state index contributed by atoms with van der Waals surface area (Å²) < 4.78 is 56.7. The molecule has 0 bridgehead atoms. The molecule has 1 aromatic carbocycles. The van der Waals surface area contributed by atoms with Crippen molar-refractivity contribution >= 4 is 11.6 Å². The highest BCUT2D eigenvalue weighted by Crippen LogP contribution is 2.39. The summed E-state index contributed by atoms with van der Waals surface area (Å²) in [7, 11) is 0. The Morgan fingerprint density at radius 3 is 2.61 bits per heavy atom. The third-order valence-electron chi connectivity index (χ3n) is 2.89. The second-order valence-corrected chi connectivity index (χ2v) is 4.83. The monoisotopic (exact) mass is 282 g/mol. The average molecular weight is 283 g/mol. The molecule has 6 heteroatoms. The zero-order valence-electron chi connectivity index (χ0n) is 9.31.